The second-order valence-electron chi connectivity index (χ2n) is 9.19. The molecule has 1 aliphatic heterocycles. The fourth-order valence-corrected chi connectivity index (χ4v) is 3.83. The number of fused-ring (bicyclic) bond motifs is 1. The van der Waals surface area contributed by atoms with Crippen LogP contribution in [0.2, 0.25) is 0 Å². The largest absolute Gasteiger partial charge is 0.512 e. The van der Waals surface area contributed by atoms with Gasteiger partial charge in [0.1, 0.15) is 0 Å². The van der Waals surface area contributed by atoms with Gasteiger partial charge < -0.3 is 20.3 Å². The van der Waals surface area contributed by atoms with E-state index in [1.807, 2.05) is 33.9 Å². The number of rotatable bonds is 2. The highest BCUT2D eigenvalue weighted by molar-refractivity contribution is 5.23. The minimum absolute atomic E-state index is 0.139. The van der Waals surface area contributed by atoms with Gasteiger partial charge in [0.2, 0.25) is 0 Å². The van der Waals surface area contributed by atoms with Gasteiger partial charge in [0.15, 0.2) is 0 Å². The van der Waals surface area contributed by atoms with Gasteiger partial charge in [0, 0.05) is 29.3 Å². The molecule has 5 atom stereocenters. The molecule has 1 aromatic heterocycles. The molecule has 1 saturated heterocycles. The van der Waals surface area contributed by atoms with Crippen molar-refractivity contribution in [2.24, 2.45) is 23.0 Å². The van der Waals surface area contributed by atoms with Crippen molar-refractivity contribution in [3.8, 4) is 6.01 Å². The predicted molar refractivity (Wildman–Crippen MR) is 112 cm³/mol. The van der Waals surface area contributed by atoms with E-state index in [0.717, 1.165) is 31.6 Å². The summed E-state index contributed by atoms with van der Waals surface area (Å²) in [6.07, 6.45) is 5.55. The van der Waals surface area contributed by atoms with Crippen molar-refractivity contribution < 1.29 is 14.6 Å². The van der Waals surface area contributed by atoms with Crippen molar-refractivity contribution in [2.75, 3.05) is 13.7 Å². The predicted octanol–water partition coefficient (Wildman–Crippen LogP) is 4.14. The van der Waals surface area contributed by atoms with Crippen LogP contribution in [-0.2, 0) is 4.74 Å². The number of hydrogen-bond acceptors (Lipinski definition) is 6. The second kappa shape index (κ2) is 9.23. The van der Waals surface area contributed by atoms with E-state index in [-0.39, 0.29) is 17.2 Å². The first kappa shape index (κ1) is 22.6. The van der Waals surface area contributed by atoms with Gasteiger partial charge in [-0.3, -0.25) is 0 Å². The first-order chi connectivity index (χ1) is 13.0. The molecule has 1 aliphatic carbocycles. The fraction of sp³-hybridized carbons (Fsp3) is 0.727. The topological polar surface area (TPSA) is 90.5 Å². The summed E-state index contributed by atoms with van der Waals surface area (Å²) in [5.41, 5.74) is 8.54. The lowest BCUT2D eigenvalue weighted by atomic mass is 9.70. The average molecular weight is 392 g/mol. The highest BCUT2D eigenvalue weighted by atomic mass is 16.5. The lowest BCUT2D eigenvalue weighted by Gasteiger charge is -2.45. The van der Waals surface area contributed by atoms with Gasteiger partial charge in [0.05, 0.1) is 25.6 Å². The van der Waals surface area contributed by atoms with Gasteiger partial charge in [-0.15, -0.1) is 0 Å². The van der Waals surface area contributed by atoms with Crippen LogP contribution < -0.4 is 10.5 Å². The van der Waals surface area contributed by atoms with Crippen LogP contribution in [0.3, 0.4) is 0 Å². The molecule has 28 heavy (non-hydrogen) atoms. The third-order valence-corrected chi connectivity index (χ3v) is 6.04. The van der Waals surface area contributed by atoms with Gasteiger partial charge in [-0.2, -0.15) is 0 Å². The molecule has 6 nitrogen and oxygen atoms in total. The smallest absolute Gasteiger partial charge is 0.316 e. The molecular formula is C22H37N3O3. The van der Waals surface area contributed by atoms with Crippen LogP contribution in [0.25, 0.3) is 0 Å². The lowest BCUT2D eigenvalue weighted by molar-refractivity contribution is -0.0848. The van der Waals surface area contributed by atoms with Gasteiger partial charge in [0.25, 0.3) is 0 Å². The Kier molecular flexibility index (Phi) is 7.46. The molecule has 2 fully saturated rings. The van der Waals surface area contributed by atoms with Crippen LogP contribution in [-0.4, -0.2) is 40.9 Å². The van der Waals surface area contributed by atoms with E-state index >= 15 is 0 Å². The zero-order valence-corrected chi connectivity index (χ0v) is 18.2. The number of nitrogens with two attached hydrogens (primary N) is 1. The number of methoxy groups -OCH3 is 1. The zero-order chi connectivity index (χ0) is 21.1. The van der Waals surface area contributed by atoms with E-state index < -0.39 is 0 Å². The Bertz CT molecular complexity index is 669. The third-order valence-electron chi connectivity index (χ3n) is 6.04. The summed E-state index contributed by atoms with van der Waals surface area (Å²) in [6, 6.07) is 0.683. The van der Waals surface area contributed by atoms with Gasteiger partial charge in [-0.25, -0.2) is 9.97 Å². The molecule has 2 aliphatic rings. The number of nitrogens with zero attached hydrogens (tertiary/aromatic N) is 2. The monoisotopic (exact) mass is 391 g/mol. The molecule has 6 heteroatoms. The standard InChI is InChI=1S/C16H25N3O2.C6H12O/c1-9-8-21-14-5-4-11(6-12(14)15(9)17)13-7-18-16(20-3)19-10(13)2;1-5(7)6(2,3)4/h7,9,11-12,14-15H,4-6,8,17H2,1-3H3;7H,1H2,2-4H3. The van der Waals surface area contributed by atoms with E-state index in [0.29, 0.717) is 29.9 Å². The summed E-state index contributed by atoms with van der Waals surface area (Å²) in [6.45, 7) is 14.1. The maximum Gasteiger partial charge on any atom is 0.316 e. The Hall–Kier alpha value is -1.66. The Morgan fingerprint density at radius 2 is 2.00 bits per heavy atom. The van der Waals surface area contributed by atoms with Crippen molar-refractivity contribution in [2.45, 2.75) is 71.9 Å². The maximum absolute atomic E-state index is 8.69. The van der Waals surface area contributed by atoms with Crippen molar-refractivity contribution >= 4 is 0 Å². The molecule has 3 rings (SSSR count). The van der Waals surface area contributed by atoms with Crippen LogP contribution in [0.1, 0.15) is 64.1 Å². The van der Waals surface area contributed by atoms with Crippen LogP contribution in [0, 0.1) is 24.2 Å². The summed E-state index contributed by atoms with van der Waals surface area (Å²) in [4.78, 5) is 8.68. The van der Waals surface area contributed by atoms with Crippen LogP contribution >= 0.6 is 0 Å². The van der Waals surface area contributed by atoms with E-state index in [1.165, 1.54) is 5.56 Å². The van der Waals surface area contributed by atoms with Gasteiger partial charge >= 0.3 is 6.01 Å². The molecule has 2 heterocycles. The second-order valence-corrected chi connectivity index (χ2v) is 9.19. The molecule has 5 unspecified atom stereocenters. The summed E-state index contributed by atoms with van der Waals surface area (Å²) < 4.78 is 11.1. The molecule has 0 radical (unpaired) electrons. The van der Waals surface area contributed by atoms with Crippen LogP contribution in [0.4, 0.5) is 0 Å². The van der Waals surface area contributed by atoms with Crippen LogP contribution in [0.15, 0.2) is 18.5 Å². The van der Waals surface area contributed by atoms with E-state index in [2.05, 4.69) is 23.5 Å². The number of aliphatic hydroxyl groups is 1. The number of ether oxygens (including phenoxy) is 2. The van der Waals surface area contributed by atoms with Crippen molar-refractivity contribution in [1.82, 2.24) is 9.97 Å². The summed E-state index contributed by atoms with van der Waals surface area (Å²) in [5.74, 6) is 1.62. The highest BCUT2D eigenvalue weighted by Gasteiger charge is 2.41. The van der Waals surface area contributed by atoms with E-state index in [1.54, 1.807) is 7.11 Å². The SMILES string of the molecule is C=C(O)C(C)(C)C.COc1ncc(C2CCC3OCC(C)C(N)C3C2)c(C)n1. The first-order valence-corrected chi connectivity index (χ1v) is 10.2. The molecule has 0 aromatic carbocycles. The number of aryl methyl sites for hydroxylation is 1. The Morgan fingerprint density at radius 1 is 1.36 bits per heavy atom. The molecule has 1 aromatic rings. The maximum atomic E-state index is 8.69. The Balaban J connectivity index is 0.000000345. The quantitative estimate of drug-likeness (QED) is 0.736. The zero-order valence-electron chi connectivity index (χ0n) is 18.2. The molecule has 1 saturated carbocycles. The highest BCUT2D eigenvalue weighted by Crippen LogP contribution is 2.42. The van der Waals surface area contributed by atoms with Gasteiger partial charge in [-0.1, -0.05) is 34.3 Å². The van der Waals surface area contributed by atoms with Crippen molar-refractivity contribution in [3.05, 3.63) is 29.8 Å². The number of allylic oxidation sites excluding steroid dienone is 1. The summed E-state index contributed by atoms with van der Waals surface area (Å²) >= 11 is 0. The molecule has 0 bridgehead atoms. The summed E-state index contributed by atoms with van der Waals surface area (Å²) in [7, 11) is 1.60. The minimum Gasteiger partial charge on any atom is -0.512 e. The molecule has 0 amide bonds. The first-order valence-electron chi connectivity index (χ1n) is 10.2. The fourth-order valence-electron chi connectivity index (χ4n) is 3.83. The van der Waals surface area contributed by atoms with Crippen LogP contribution in [0.5, 0.6) is 6.01 Å². The molecule has 158 valence electrons. The Morgan fingerprint density at radius 3 is 2.54 bits per heavy atom. The van der Waals surface area contributed by atoms with E-state index in [4.69, 9.17) is 20.3 Å². The number of aromatic nitrogens is 2. The lowest BCUT2D eigenvalue weighted by Crippen LogP contribution is -2.51. The molecule has 3 N–H and O–H groups in total. The Labute approximate surface area is 169 Å². The van der Waals surface area contributed by atoms with E-state index in [9.17, 15) is 0 Å². The number of hydrogen-bond donors (Lipinski definition) is 2. The van der Waals surface area contributed by atoms with Crippen molar-refractivity contribution in [1.29, 1.82) is 0 Å². The molecular weight excluding hydrogens is 354 g/mol. The molecule has 0 spiro atoms. The minimum atomic E-state index is -0.139. The average Bonchev–Trinajstić information content (AvgIpc) is 2.64. The third kappa shape index (κ3) is 5.45. The normalized spacial score (nSPS) is 29.9. The van der Waals surface area contributed by atoms with Gasteiger partial charge in [-0.05, 0) is 43.6 Å². The van der Waals surface area contributed by atoms with Crippen molar-refractivity contribution in [3.63, 3.8) is 0 Å². The number of aliphatic hydroxyl groups excluding tert-OH is 1. The summed E-state index contributed by atoms with van der Waals surface area (Å²) in [5, 5.41) is 8.69.